The summed E-state index contributed by atoms with van der Waals surface area (Å²) in [5, 5.41) is 20.0. The molecular formula is C13H15BrN2O5. The van der Waals surface area contributed by atoms with Gasteiger partial charge in [0.1, 0.15) is 0 Å². The van der Waals surface area contributed by atoms with Crippen LogP contribution in [0.4, 0.5) is 5.69 Å². The Balaban J connectivity index is 2.68. The van der Waals surface area contributed by atoms with Crippen molar-refractivity contribution in [2.75, 3.05) is 25.0 Å². The standard InChI is InChI=1S/C13H15BrN2O5/c1-8-4-9(14)2-3-10(8)15-11(17)5-16(6-12(18)19)7-13(20)21/h2-4H,5-7H2,1H3,(H,15,17)(H,18,19)(H,20,21). The highest BCUT2D eigenvalue weighted by atomic mass is 79.9. The fourth-order valence-corrected chi connectivity index (χ4v) is 2.19. The summed E-state index contributed by atoms with van der Waals surface area (Å²) in [7, 11) is 0. The van der Waals surface area contributed by atoms with Gasteiger partial charge in [0.15, 0.2) is 0 Å². The van der Waals surface area contributed by atoms with Crippen LogP contribution >= 0.6 is 15.9 Å². The maximum Gasteiger partial charge on any atom is 0.317 e. The molecule has 0 heterocycles. The number of hydrogen-bond donors (Lipinski definition) is 3. The summed E-state index contributed by atoms with van der Waals surface area (Å²) in [4.78, 5) is 34.2. The Morgan fingerprint density at radius 2 is 1.71 bits per heavy atom. The van der Waals surface area contributed by atoms with Gasteiger partial charge < -0.3 is 15.5 Å². The van der Waals surface area contributed by atoms with Gasteiger partial charge >= 0.3 is 11.9 Å². The SMILES string of the molecule is Cc1cc(Br)ccc1NC(=O)CN(CC(=O)O)CC(=O)O. The highest BCUT2D eigenvalue weighted by Crippen LogP contribution is 2.19. The van der Waals surface area contributed by atoms with E-state index in [-0.39, 0.29) is 6.54 Å². The van der Waals surface area contributed by atoms with Crippen molar-refractivity contribution in [2.45, 2.75) is 6.92 Å². The predicted molar refractivity (Wildman–Crippen MR) is 79.2 cm³/mol. The van der Waals surface area contributed by atoms with Crippen molar-refractivity contribution in [3.63, 3.8) is 0 Å². The molecule has 114 valence electrons. The molecule has 0 spiro atoms. The third kappa shape index (κ3) is 6.37. The number of nitrogens with one attached hydrogen (secondary N) is 1. The molecule has 1 amide bonds. The molecule has 7 nitrogen and oxygen atoms in total. The van der Waals surface area contributed by atoms with Gasteiger partial charge in [0, 0.05) is 10.2 Å². The first-order valence-corrected chi connectivity index (χ1v) is 6.79. The molecule has 3 N–H and O–H groups in total. The van der Waals surface area contributed by atoms with Crippen molar-refractivity contribution >= 4 is 39.5 Å². The second-order valence-corrected chi connectivity index (χ2v) is 5.36. The van der Waals surface area contributed by atoms with Gasteiger partial charge in [-0.2, -0.15) is 0 Å². The van der Waals surface area contributed by atoms with Crippen LogP contribution in [0, 0.1) is 6.92 Å². The molecule has 0 saturated carbocycles. The monoisotopic (exact) mass is 358 g/mol. The van der Waals surface area contributed by atoms with E-state index in [0.717, 1.165) is 14.9 Å². The van der Waals surface area contributed by atoms with Crippen LogP contribution in [0.15, 0.2) is 22.7 Å². The van der Waals surface area contributed by atoms with Crippen molar-refractivity contribution in [3.05, 3.63) is 28.2 Å². The summed E-state index contributed by atoms with van der Waals surface area (Å²) in [6.45, 7) is 0.471. The average molecular weight is 359 g/mol. The second kappa shape index (κ2) is 7.75. The third-order valence-electron chi connectivity index (χ3n) is 2.55. The number of benzene rings is 1. The van der Waals surface area contributed by atoms with Crippen LogP contribution in [0.3, 0.4) is 0 Å². The lowest BCUT2D eigenvalue weighted by Crippen LogP contribution is -2.40. The van der Waals surface area contributed by atoms with Crippen LogP contribution in [0.5, 0.6) is 0 Å². The van der Waals surface area contributed by atoms with Crippen molar-refractivity contribution in [2.24, 2.45) is 0 Å². The van der Waals surface area contributed by atoms with E-state index in [1.807, 2.05) is 13.0 Å². The molecule has 0 saturated heterocycles. The Morgan fingerprint density at radius 3 is 2.19 bits per heavy atom. The Kier molecular flexibility index (Phi) is 6.32. The number of hydrogen-bond acceptors (Lipinski definition) is 4. The molecule has 0 atom stereocenters. The molecule has 1 aromatic rings. The number of carbonyl (C=O) groups is 3. The van der Waals surface area contributed by atoms with Gasteiger partial charge in [-0.25, -0.2) is 0 Å². The molecule has 0 radical (unpaired) electrons. The van der Waals surface area contributed by atoms with E-state index < -0.39 is 30.9 Å². The number of carbonyl (C=O) groups excluding carboxylic acids is 1. The smallest absolute Gasteiger partial charge is 0.317 e. The Labute approximate surface area is 129 Å². The van der Waals surface area contributed by atoms with E-state index in [4.69, 9.17) is 10.2 Å². The highest BCUT2D eigenvalue weighted by Gasteiger charge is 2.17. The molecule has 0 aliphatic rings. The lowest BCUT2D eigenvalue weighted by molar-refractivity contribution is -0.142. The van der Waals surface area contributed by atoms with Gasteiger partial charge in [0.25, 0.3) is 0 Å². The molecule has 0 fully saturated rings. The number of amides is 1. The van der Waals surface area contributed by atoms with E-state index in [1.165, 1.54) is 0 Å². The fraction of sp³-hybridized carbons (Fsp3) is 0.308. The van der Waals surface area contributed by atoms with Crippen LogP contribution in [0.1, 0.15) is 5.56 Å². The number of carboxylic acids is 2. The highest BCUT2D eigenvalue weighted by molar-refractivity contribution is 9.10. The third-order valence-corrected chi connectivity index (χ3v) is 3.04. The number of carboxylic acid groups (broad SMARTS) is 2. The van der Waals surface area contributed by atoms with E-state index in [9.17, 15) is 14.4 Å². The molecule has 21 heavy (non-hydrogen) atoms. The van der Waals surface area contributed by atoms with Crippen molar-refractivity contribution in [1.29, 1.82) is 0 Å². The van der Waals surface area contributed by atoms with E-state index in [2.05, 4.69) is 21.2 Å². The van der Waals surface area contributed by atoms with E-state index >= 15 is 0 Å². The lowest BCUT2D eigenvalue weighted by Gasteiger charge is -2.17. The first-order valence-electron chi connectivity index (χ1n) is 6.00. The quantitative estimate of drug-likeness (QED) is 0.675. The Hall–Kier alpha value is -1.93. The largest absolute Gasteiger partial charge is 0.480 e. The van der Waals surface area contributed by atoms with E-state index in [1.54, 1.807) is 12.1 Å². The number of anilines is 1. The first kappa shape index (κ1) is 17.1. The molecule has 1 rings (SSSR count). The maximum absolute atomic E-state index is 11.9. The molecule has 1 aromatic carbocycles. The van der Waals surface area contributed by atoms with Crippen molar-refractivity contribution < 1.29 is 24.6 Å². The minimum Gasteiger partial charge on any atom is -0.480 e. The van der Waals surface area contributed by atoms with Crippen LogP contribution in [0.25, 0.3) is 0 Å². The fourth-order valence-electron chi connectivity index (χ4n) is 1.71. The van der Waals surface area contributed by atoms with E-state index in [0.29, 0.717) is 5.69 Å². The molecular weight excluding hydrogens is 344 g/mol. The first-order chi connectivity index (χ1) is 9.77. The predicted octanol–water partition coefficient (Wildman–Crippen LogP) is 1.17. The molecule has 0 aliphatic carbocycles. The molecule has 0 unspecified atom stereocenters. The van der Waals surface area contributed by atoms with Gasteiger partial charge in [-0.05, 0) is 30.7 Å². The van der Waals surface area contributed by atoms with Gasteiger partial charge in [-0.3, -0.25) is 19.3 Å². The molecule has 0 bridgehead atoms. The average Bonchev–Trinajstić information content (AvgIpc) is 2.30. The van der Waals surface area contributed by atoms with Crippen LogP contribution in [0.2, 0.25) is 0 Å². The number of aliphatic carboxylic acids is 2. The van der Waals surface area contributed by atoms with Gasteiger partial charge in [0.05, 0.1) is 19.6 Å². The second-order valence-electron chi connectivity index (χ2n) is 4.44. The minimum absolute atomic E-state index is 0.311. The van der Waals surface area contributed by atoms with Gasteiger partial charge in [0.2, 0.25) is 5.91 Å². The lowest BCUT2D eigenvalue weighted by atomic mass is 10.2. The molecule has 8 heteroatoms. The number of nitrogens with zero attached hydrogens (tertiary/aromatic N) is 1. The summed E-state index contributed by atoms with van der Waals surface area (Å²) >= 11 is 3.31. The Morgan fingerprint density at radius 1 is 1.14 bits per heavy atom. The summed E-state index contributed by atoms with van der Waals surface area (Å²) in [6.07, 6.45) is 0. The number of rotatable bonds is 7. The van der Waals surface area contributed by atoms with Crippen LogP contribution < -0.4 is 5.32 Å². The van der Waals surface area contributed by atoms with Gasteiger partial charge in [-0.1, -0.05) is 15.9 Å². The van der Waals surface area contributed by atoms with Crippen molar-refractivity contribution in [1.82, 2.24) is 4.90 Å². The summed E-state index contributed by atoms with van der Waals surface area (Å²) < 4.78 is 0.872. The summed E-state index contributed by atoms with van der Waals surface area (Å²) in [6, 6.07) is 5.28. The molecule has 0 aromatic heterocycles. The summed E-state index contributed by atoms with van der Waals surface area (Å²) in [5.41, 5.74) is 1.43. The topological polar surface area (TPSA) is 107 Å². The van der Waals surface area contributed by atoms with Crippen LogP contribution in [-0.4, -0.2) is 52.6 Å². The van der Waals surface area contributed by atoms with Gasteiger partial charge in [-0.15, -0.1) is 0 Å². The van der Waals surface area contributed by atoms with Crippen molar-refractivity contribution in [3.8, 4) is 0 Å². The maximum atomic E-state index is 11.9. The normalized spacial score (nSPS) is 10.4. The number of halogens is 1. The zero-order valence-corrected chi connectivity index (χ0v) is 12.9. The Bertz CT molecular complexity index is 545. The zero-order chi connectivity index (χ0) is 16.0. The summed E-state index contributed by atoms with van der Waals surface area (Å²) in [5.74, 6) is -2.85. The zero-order valence-electron chi connectivity index (χ0n) is 11.3. The number of aryl methyl sites for hydroxylation is 1. The molecule has 0 aliphatic heterocycles. The van der Waals surface area contributed by atoms with Crippen LogP contribution in [-0.2, 0) is 14.4 Å². The minimum atomic E-state index is -1.19.